The molecule has 6 heterocycles. The third kappa shape index (κ3) is 10.8. The van der Waals surface area contributed by atoms with E-state index in [1.165, 1.54) is 86.7 Å². The van der Waals surface area contributed by atoms with Crippen LogP contribution in [0.25, 0.3) is 209 Å². The number of hydrogen-bond donors (Lipinski definition) is 0. The van der Waals surface area contributed by atoms with Crippen molar-refractivity contribution >= 4 is 131 Å². The van der Waals surface area contributed by atoms with E-state index in [2.05, 4.69) is 410 Å². The van der Waals surface area contributed by atoms with Crippen molar-refractivity contribution < 1.29 is 0 Å². The van der Waals surface area contributed by atoms with Gasteiger partial charge in [-0.15, -0.1) is 0 Å². The maximum Gasteiger partial charge on any atom is 0.0998 e. The highest BCUT2D eigenvalue weighted by Crippen LogP contribution is 2.47. The summed E-state index contributed by atoms with van der Waals surface area (Å²) in [6.07, 6.45) is 0. The minimum absolute atomic E-state index is 0.467. The molecule has 0 saturated carbocycles. The first-order valence-corrected chi connectivity index (χ1v) is 40.4. The van der Waals surface area contributed by atoms with Gasteiger partial charge in [0.2, 0.25) is 0 Å². The SMILES string of the molecule is N#Cc1cc(-c2ccccc2)ccc1-c1cc(-n2c3ccccc3c3ccccc32)cc(-n2c3ccccc3c3c2ccc2c4ccccc4n(-c4ccccc4)c23)c1.N#Cc1cc(C#N)cc(-c2ccc(-c3cc(-n4c5ccccc5c5ccccc54)cc(-n4c5ccccc5c5c4ccc4c6ccccc6n(-c6ccccc6)c45)c3)cc2)c1. The van der Waals surface area contributed by atoms with Gasteiger partial charge in [-0.25, -0.2) is 0 Å². The van der Waals surface area contributed by atoms with Gasteiger partial charge in [-0.1, -0.05) is 261 Å². The van der Waals surface area contributed by atoms with E-state index in [0.717, 1.165) is 123 Å². The van der Waals surface area contributed by atoms with Gasteiger partial charge >= 0.3 is 0 Å². The maximum atomic E-state index is 10.7. The lowest BCUT2D eigenvalue weighted by Gasteiger charge is -2.17. The number of nitriles is 3. The molecule has 0 N–H and O–H groups in total. The van der Waals surface area contributed by atoms with E-state index in [-0.39, 0.29) is 0 Å². The highest BCUT2D eigenvalue weighted by atomic mass is 15.1. The normalized spacial score (nSPS) is 11.6. The fourth-order valence-electron chi connectivity index (χ4n) is 19.2. The average molecular weight is 1530 g/mol. The van der Waals surface area contributed by atoms with Crippen LogP contribution in [-0.4, -0.2) is 27.4 Å². The molecular weight excluding hydrogens is 1460 g/mol. The molecule has 0 spiro atoms. The lowest BCUT2D eigenvalue weighted by atomic mass is 9.95. The number of fused-ring (bicyclic) bond motifs is 20. The number of aromatic nitrogens is 6. The monoisotopic (exact) mass is 1530 g/mol. The van der Waals surface area contributed by atoms with Crippen LogP contribution in [0, 0.1) is 34.0 Å². The first-order valence-electron chi connectivity index (χ1n) is 40.4. The van der Waals surface area contributed by atoms with E-state index in [4.69, 9.17) is 0 Å². The molecule has 0 unspecified atom stereocenters. The van der Waals surface area contributed by atoms with Crippen molar-refractivity contribution in [2.24, 2.45) is 0 Å². The summed E-state index contributed by atoms with van der Waals surface area (Å²) in [6, 6.07) is 151. The van der Waals surface area contributed by atoms with Gasteiger partial charge in [0.15, 0.2) is 0 Å². The molecule has 0 radical (unpaired) electrons. The second kappa shape index (κ2) is 27.8. The van der Waals surface area contributed by atoms with Crippen LogP contribution in [0.15, 0.2) is 406 Å². The number of para-hydroxylation sites is 10. The van der Waals surface area contributed by atoms with Crippen molar-refractivity contribution in [3.05, 3.63) is 423 Å². The fraction of sp³-hybridized carbons (Fsp3) is 0. The van der Waals surface area contributed by atoms with E-state index in [1.807, 2.05) is 36.4 Å². The Labute approximate surface area is 689 Å². The molecule has 18 aromatic carbocycles. The first-order chi connectivity index (χ1) is 59.4. The Hall–Kier alpha value is -16.8. The van der Waals surface area contributed by atoms with Gasteiger partial charge in [0.1, 0.15) is 0 Å². The van der Waals surface area contributed by atoms with Gasteiger partial charge in [0.05, 0.1) is 101 Å². The lowest BCUT2D eigenvalue weighted by molar-refractivity contribution is 1.13. The minimum Gasteiger partial charge on any atom is -0.309 e. The molecule has 0 fully saturated rings. The highest BCUT2D eigenvalue weighted by Gasteiger charge is 2.26. The zero-order valence-corrected chi connectivity index (χ0v) is 64.7. The van der Waals surface area contributed by atoms with Crippen LogP contribution in [0.3, 0.4) is 0 Å². The molecule has 24 rings (SSSR count). The summed E-state index contributed by atoms with van der Waals surface area (Å²) in [6.45, 7) is 0. The molecule has 0 saturated heterocycles. The quantitative estimate of drug-likeness (QED) is 0.136. The smallest absolute Gasteiger partial charge is 0.0998 e. The fourth-order valence-corrected chi connectivity index (χ4v) is 19.2. The van der Waals surface area contributed by atoms with Crippen LogP contribution < -0.4 is 0 Å². The van der Waals surface area contributed by atoms with Gasteiger partial charge in [0.25, 0.3) is 0 Å². The molecule has 0 aliphatic carbocycles. The largest absolute Gasteiger partial charge is 0.309 e. The number of nitrogens with zero attached hydrogens (tertiary/aromatic N) is 9. The molecule has 0 aliphatic rings. The Kier molecular flexibility index (Phi) is 15.9. The Morgan fingerprint density at radius 2 is 0.458 bits per heavy atom. The van der Waals surface area contributed by atoms with E-state index in [0.29, 0.717) is 16.7 Å². The summed E-state index contributed by atoms with van der Waals surface area (Å²) < 4.78 is 14.5. The van der Waals surface area contributed by atoms with Crippen molar-refractivity contribution in [1.29, 1.82) is 15.8 Å². The molecule has 0 amide bonds. The Morgan fingerprint density at radius 1 is 0.167 bits per heavy atom. The standard InChI is InChI=1S/C56H33N5.C55H34N4/c57-34-36-28-37(35-58)30-40(29-36)38-22-24-39(25-23-38)41-31-43(59-50-18-8-4-14-45(50)46-15-5-9-19-51(46)59)33-44(32-41)60-53-21-11-7-17-49(53)55-54(60)27-26-48-47-16-6-10-20-52(47)61(56(48)55)42-12-2-1-3-13-42;56-35-39-31-37(36-15-3-1-4-16-36)27-28-43(39)38-32-41(57-49-23-11-7-19-44(49)45-20-8-12-24-50(45)57)34-42(33-38)58-52-26-14-10-22-48(52)54-53(58)30-29-47-46-21-9-13-25-51(46)59(55(47)54)40-17-5-2-6-18-40/h1-33H;1-34H. The van der Waals surface area contributed by atoms with Crippen LogP contribution >= 0.6 is 0 Å². The van der Waals surface area contributed by atoms with Gasteiger partial charge in [-0.05, 0) is 190 Å². The predicted octanol–water partition coefficient (Wildman–Crippen LogP) is 28.2. The Balaban J connectivity index is 0.000000140. The number of benzene rings is 18. The molecule has 556 valence electrons. The topological polar surface area (TPSA) is 101 Å². The van der Waals surface area contributed by atoms with Crippen molar-refractivity contribution in [2.75, 3.05) is 0 Å². The van der Waals surface area contributed by atoms with Crippen molar-refractivity contribution in [1.82, 2.24) is 27.4 Å². The number of rotatable bonds is 10. The second-order valence-electron chi connectivity index (χ2n) is 30.8. The van der Waals surface area contributed by atoms with Crippen LogP contribution in [0.1, 0.15) is 16.7 Å². The predicted molar refractivity (Wildman–Crippen MR) is 495 cm³/mol. The molecule has 24 aromatic rings. The highest BCUT2D eigenvalue weighted by molar-refractivity contribution is 6.28. The molecule has 6 aromatic heterocycles. The van der Waals surface area contributed by atoms with Crippen molar-refractivity contribution in [3.63, 3.8) is 0 Å². The molecule has 120 heavy (non-hydrogen) atoms. The lowest BCUT2D eigenvalue weighted by Crippen LogP contribution is -2.01. The third-order valence-electron chi connectivity index (χ3n) is 24.3. The Bertz CT molecular complexity index is 8360. The molecular formula is C111H67N9. The van der Waals surface area contributed by atoms with E-state index in [1.54, 1.807) is 6.07 Å². The van der Waals surface area contributed by atoms with Crippen LogP contribution in [0.2, 0.25) is 0 Å². The van der Waals surface area contributed by atoms with E-state index in [9.17, 15) is 15.8 Å². The van der Waals surface area contributed by atoms with E-state index >= 15 is 0 Å². The van der Waals surface area contributed by atoms with E-state index < -0.39 is 0 Å². The summed E-state index contributed by atoms with van der Waals surface area (Å²) in [5.74, 6) is 0. The summed E-state index contributed by atoms with van der Waals surface area (Å²) in [5, 5.41) is 44.6. The summed E-state index contributed by atoms with van der Waals surface area (Å²) in [5.41, 5.74) is 29.6. The molecule has 9 heteroatoms. The average Bonchev–Trinajstić information content (AvgIpc) is 1.54. The molecule has 0 bridgehead atoms. The van der Waals surface area contributed by atoms with Gasteiger partial charge in [-0.2, -0.15) is 15.8 Å². The van der Waals surface area contributed by atoms with Crippen LogP contribution in [0.5, 0.6) is 0 Å². The second-order valence-corrected chi connectivity index (χ2v) is 30.8. The van der Waals surface area contributed by atoms with Crippen LogP contribution in [0.4, 0.5) is 0 Å². The van der Waals surface area contributed by atoms with Gasteiger partial charge in [0, 0.05) is 98.8 Å². The van der Waals surface area contributed by atoms with Crippen molar-refractivity contribution in [3.8, 4) is 96.8 Å². The third-order valence-corrected chi connectivity index (χ3v) is 24.3. The number of hydrogen-bond acceptors (Lipinski definition) is 3. The summed E-state index contributed by atoms with van der Waals surface area (Å²) >= 11 is 0. The zero-order valence-electron chi connectivity index (χ0n) is 64.7. The summed E-state index contributed by atoms with van der Waals surface area (Å²) in [7, 11) is 0. The molecule has 9 nitrogen and oxygen atoms in total. The van der Waals surface area contributed by atoms with Gasteiger partial charge < -0.3 is 27.4 Å². The van der Waals surface area contributed by atoms with Gasteiger partial charge in [-0.3, -0.25) is 0 Å². The zero-order chi connectivity index (χ0) is 79.6. The first kappa shape index (κ1) is 68.8. The summed E-state index contributed by atoms with van der Waals surface area (Å²) in [4.78, 5) is 0. The Morgan fingerprint density at radius 3 is 0.833 bits per heavy atom. The molecule has 0 atom stereocenters. The minimum atomic E-state index is 0.467. The molecule has 0 aliphatic heterocycles. The van der Waals surface area contributed by atoms with Crippen LogP contribution in [-0.2, 0) is 0 Å². The maximum absolute atomic E-state index is 10.7. The van der Waals surface area contributed by atoms with Crippen molar-refractivity contribution in [2.45, 2.75) is 0 Å².